The third kappa shape index (κ3) is 2.44. The number of hydrogen-bond acceptors (Lipinski definition) is 3. The normalized spacial score (nSPS) is 28.6. The summed E-state index contributed by atoms with van der Waals surface area (Å²) in [6, 6.07) is 3.38. The van der Waals surface area contributed by atoms with E-state index in [1.54, 1.807) is 18.3 Å². The van der Waals surface area contributed by atoms with E-state index in [4.69, 9.17) is 5.73 Å². The predicted octanol–water partition coefficient (Wildman–Crippen LogP) is 2.17. The van der Waals surface area contributed by atoms with E-state index in [2.05, 4.69) is 4.98 Å². The van der Waals surface area contributed by atoms with Crippen molar-refractivity contribution in [3.63, 3.8) is 0 Å². The number of nitrogens with zero attached hydrogens (tertiary/aromatic N) is 2. The van der Waals surface area contributed by atoms with Crippen molar-refractivity contribution in [1.82, 2.24) is 9.88 Å². The highest BCUT2D eigenvalue weighted by Crippen LogP contribution is 2.48. The molecule has 1 heterocycles. The summed E-state index contributed by atoms with van der Waals surface area (Å²) in [6.45, 7) is 0.877. The van der Waals surface area contributed by atoms with Gasteiger partial charge in [0.05, 0.1) is 0 Å². The Kier molecular flexibility index (Phi) is 3.17. The summed E-state index contributed by atoms with van der Waals surface area (Å²) in [7, 11) is 1.89. The standard InChI is InChI=1S/C15H21N3O/c1-18(9-13-7-10-2-3-11(13)6-10)15(19)12-4-5-17-14(16)8-12/h4-5,8,10-11,13H,2-3,6-7,9H2,1H3,(H2,16,17). The molecule has 0 radical (unpaired) electrons. The van der Waals surface area contributed by atoms with Crippen molar-refractivity contribution >= 4 is 11.7 Å². The predicted molar refractivity (Wildman–Crippen MR) is 74.5 cm³/mol. The van der Waals surface area contributed by atoms with Gasteiger partial charge in [-0.1, -0.05) is 6.42 Å². The van der Waals surface area contributed by atoms with Crippen molar-refractivity contribution in [2.45, 2.75) is 25.7 Å². The average molecular weight is 259 g/mol. The highest BCUT2D eigenvalue weighted by atomic mass is 16.2. The molecule has 4 heteroatoms. The molecule has 1 aromatic rings. The van der Waals surface area contributed by atoms with Gasteiger partial charge in [-0.2, -0.15) is 0 Å². The van der Waals surface area contributed by atoms with Crippen LogP contribution in [0.5, 0.6) is 0 Å². The molecule has 2 aliphatic carbocycles. The number of anilines is 1. The van der Waals surface area contributed by atoms with Gasteiger partial charge in [-0.05, 0) is 49.1 Å². The van der Waals surface area contributed by atoms with Crippen LogP contribution in [-0.4, -0.2) is 29.4 Å². The van der Waals surface area contributed by atoms with Crippen LogP contribution < -0.4 is 5.73 Å². The van der Waals surface area contributed by atoms with Gasteiger partial charge in [-0.15, -0.1) is 0 Å². The van der Waals surface area contributed by atoms with Crippen molar-refractivity contribution in [3.8, 4) is 0 Å². The molecular formula is C15H21N3O. The Balaban J connectivity index is 1.64. The third-order valence-electron chi connectivity index (χ3n) is 4.77. The van der Waals surface area contributed by atoms with Crippen molar-refractivity contribution in [3.05, 3.63) is 23.9 Å². The Morgan fingerprint density at radius 2 is 2.32 bits per heavy atom. The van der Waals surface area contributed by atoms with E-state index in [9.17, 15) is 4.79 Å². The van der Waals surface area contributed by atoms with Crippen LogP contribution in [0.1, 0.15) is 36.0 Å². The minimum atomic E-state index is 0.0527. The fourth-order valence-corrected chi connectivity index (χ4v) is 3.84. The first-order valence-corrected chi connectivity index (χ1v) is 7.10. The number of carbonyl (C=O) groups excluding carboxylic acids is 1. The summed E-state index contributed by atoms with van der Waals surface area (Å²) in [5, 5.41) is 0. The number of nitrogens with two attached hydrogens (primary N) is 1. The molecule has 3 atom stereocenters. The summed E-state index contributed by atoms with van der Waals surface area (Å²) in [6.07, 6.45) is 7.04. The number of nitrogen functional groups attached to an aromatic ring is 1. The average Bonchev–Trinajstić information content (AvgIpc) is 3.00. The van der Waals surface area contributed by atoms with E-state index in [0.717, 1.165) is 18.4 Å². The molecular weight excluding hydrogens is 238 g/mol. The zero-order chi connectivity index (χ0) is 13.4. The number of aromatic nitrogens is 1. The molecule has 2 fully saturated rings. The summed E-state index contributed by atoms with van der Waals surface area (Å²) in [4.78, 5) is 18.1. The van der Waals surface area contributed by atoms with Crippen molar-refractivity contribution in [2.24, 2.45) is 17.8 Å². The van der Waals surface area contributed by atoms with Crippen LogP contribution in [0, 0.1) is 17.8 Å². The maximum absolute atomic E-state index is 12.3. The second kappa shape index (κ2) is 4.83. The van der Waals surface area contributed by atoms with E-state index >= 15 is 0 Å². The van der Waals surface area contributed by atoms with Gasteiger partial charge in [0.15, 0.2) is 0 Å². The Morgan fingerprint density at radius 1 is 1.47 bits per heavy atom. The largest absolute Gasteiger partial charge is 0.384 e. The molecule has 2 saturated carbocycles. The Hall–Kier alpha value is -1.58. The summed E-state index contributed by atoms with van der Waals surface area (Å²) >= 11 is 0. The number of rotatable bonds is 3. The molecule has 19 heavy (non-hydrogen) atoms. The maximum atomic E-state index is 12.3. The molecule has 0 spiro atoms. The van der Waals surface area contributed by atoms with E-state index in [1.807, 2.05) is 11.9 Å². The Morgan fingerprint density at radius 3 is 2.95 bits per heavy atom. The van der Waals surface area contributed by atoms with Crippen LogP contribution >= 0.6 is 0 Å². The number of carbonyl (C=O) groups is 1. The molecule has 102 valence electrons. The molecule has 1 aromatic heterocycles. The zero-order valence-electron chi connectivity index (χ0n) is 11.4. The lowest BCUT2D eigenvalue weighted by Gasteiger charge is -2.27. The van der Waals surface area contributed by atoms with Gasteiger partial charge < -0.3 is 10.6 Å². The molecule has 2 bridgehead atoms. The lowest BCUT2D eigenvalue weighted by molar-refractivity contribution is 0.0754. The van der Waals surface area contributed by atoms with Crippen LogP contribution in [0.3, 0.4) is 0 Å². The van der Waals surface area contributed by atoms with Crippen LogP contribution in [0.15, 0.2) is 18.3 Å². The summed E-state index contributed by atoms with van der Waals surface area (Å²) < 4.78 is 0. The van der Waals surface area contributed by atoms with Crippen LogP contribution in [-0.2, 0) is 0 Å². The molecule has 3 unspecified atom stereocenters. The number of pyridine rings is 1. The van der Waals surface area contributed by atoms with Crippen LogP contribution in [0.25, 0.3) is 0 Å². The van der Waals surface area contributed by atoms with Gasteiger partial charge in [0.25, 0.3) is 5.91 Å². The van der Waals surface area contributed by atoms with Gasteiger partial charge in [-0.3, -0.25) is 4.79 Å². The number of hydrogen-bond donors (Lipinski definition) is 1. The lowest BCUT2D eigenvalue weighted by Crippen LogP contribution is -2.33. The van der Waals surface area contributed by atoms with E-state index < -0.39 is 0 Å². The quantitative estimate of drug-likeness (QED) is 0.905. The number of fused-ring (bicyclic) bond motifs is 2. The Bertz CT molecular complexity index is 488. The van der Waals surface area contributed by atoms with Crippen LogP contribution in [0.4, 0.5) is 5.82 Å². The molecule has 2 aliphatic rings. The smallest absolute Gasteiger partial charge is 0.253 e. The molecule has 0 saturated heterocycles. The maximum Gasteiger partial charge on any atom is 0.253 e. The highest BCUT2D eigenvalue weighted by Gasteiger charge is 2.40. The van der Waals surface area contributed by atoms with Gasteiger partial charge in [0.2, 0.25) is 0 Å². The first-order chi connectivity index (χ1) is 9.13. The molecule has 3 rings (SSSR count). The summed E-state index contributed by atoms with van der Waals surface area (Å²) in [5.41, 5.74) is 6.26. The van der Waals surface area contributed by atoms with Gasteiger partial charge >= 0.3 is 0 Å². The van der Waals surface area contributed by atoms with Crippen molar-refractivity contribution in [1.29, 1.82) is 0 Å². The minimum absolute atomic E-state index is 0.0527. The van der Waals surface area contributed by atoms with E-state index in [-0.39, 0.29) is 5.91 Å². The topological polar surface area (TPSA) is 59.2 Å². The van der Waals surface area contributed by atoms with Crippen molar-refractivity contribution in [2.75, 3.05) is 19.3 Å². The lowest BCUT2D eigenvalue weighted by atomic mass is 9.88. The highest BCUT2D eigenvalue weighted by molar-refractivity contribution is 5.94. The van der Waals surface area contributed by atoms with Crippen LogP contribution in [0.2, 0.25) is 0 Å². The number of amides is 1. The van der Waals surface area contributed by atoms with Gasteiger partial charge in [0, 0.05) is 25.4 Å². The third-order valence-corrected chi connectivity index (χ3v) is 4.77. The molecule has 2 N–H and O–H groups in total. The first kappa shape index (κ1) is 12.5. The Labute approximate surface area is 114 Å². The zero-order valence-corrected chi connectivity index (χ0v) is 11.4. The SMILES string of the molecule is CN(CC1CC2CCC1C2)C(=O)c1ccnc(N)c1. The fraction of sp³-hybridized carbons (Fsp3) is 0.600. The minimum Gasteiger partial charge on any atom is -0.384 e. The summed E-state index contributed by atoms with van der Waals surface area (Å²) in [5.74, 6) is 2.93. The molecule has 4 nitrogen and oxygen atoms in total. The second-order valence-corrected chi connectivity index (χ2v) is 6.09. The monoisotopic (exact) mass is 259 g/mol. The molecule has 0 aliphatic heterocycles. The molecule has 1 amide bonds. The first-order valence-electron chi connectivity index (χ1n) is 7.10. The van der Waals surface area contributed by atoms with E-state index in [0.29, 0.717) is 17.3 Å². The van der Waals surface area contributed by atoms with Gasteiger partial charge in [-0.25, -0.2) is 4.98 Å². The van der Waals surface area contributed by atoms with E-state index in [1.165, 1.54) is 25.7 Å². The molecule has 0 aromatic carbocycles. The fourth-order valence-electron chi connectivity index (χ4n) is 3.84. The van der Waals surface area contributed by atoms with Gasteiger partial charge in [0.1, 0.15) is 5.82 Å². The second-order valence-electron chi connectivity index (χ2n) is 6.09. The van der Waals surface area contributed by atoms with Crippen molar-refractivity contribution < 1.29 is 4.79 Å².